The van der Waals surface area contributed by atoms with Crippen LogP contribution in [0.15, 0.2) is 18.2 Å². The summed E-state index contributed by atoms with van der Waals surface area (Å²) in [5.74, 6) is -1.56. The van der Waals surface area contributed by atoms with Crippen LogP contribution in [-0.4, -0.2) is 43.0 Å². The number of halogens is 2. The molecule has 0 unspecified atom stereocenters. The molecule has 1 N–H and O–H groups in total. The van der Waals surface area contributed by atoms with Crippen molar-refractivity contribution in [1.82, 2.24) is 10.2 Å². The zero-order chi connectivity index (χ0) is 15.9. The van der Waals surface area contributed by atoms with E-state index in [9.17, 15) is 18.4 Å². The molecule has 2 amide bonds. The van der Waals surface area contributed by atoms with Crippen LogP contribution in [0.2, 0.25) is 0 Å². The Morgan fingerprint density at radius 2 is 2.14 bits per heavy atom. The number of amides is 2. The third-order valence-electron chi connectivity index (χ3n) is 3.35. The Bertz CT molecular complexity index is 552. The molecule has 7 heteroatoms. The number of hydrogen-bond acceptors (Lipinski definition) is 3. The summed E-state index contributed by atoms with van der Waals surface area (Å²) in [5.41, 5.74) is 0. The molecule has 2 rings (SSSR count). The predicted molar refractivity (Wildman–Crippen MR) is 75.3 cm³/mol. The van der Waals surface area contributed by atoms with E-state index in [1.807, 2.05) is 0 Å². The van der Waals surface area contributed by atoms with E-state index in [-0.39, 0.29) is 30.6 Å². The van der Waals surface area contributed by atoms with Gasteiger partial charge in [0.25, 0.3) is 0 Å². The van der Waals surface area contributed by atoms with Gasteiger partial charge in [0.1, 0.15) is 5.82 Å². The van der Waals surface area contributed by atoms with Crippen LogP contribution in [0.5, 0.6) is 5.75 Å². The average Bonchev–Trinajstić information content (AvgIpc) is 2.70. The van der Waals surface area contributed by atoms with Crippen LogP contribution in [0, 0.1) is 11.6 Å². The van der Waals surface area contributed by atoms with Gasteiger partial charge in [-0.1, -0.05) is 0 Å². The first kappa shape index (κ1) is 16.2. The normalized spacial score (nSPS) is 15.2. The standard InChI is InChI=1S/C15H18F2N2O3/c16-11-3-4-13(12(17)10-11)22-9-1-2-15(21)19-7-5-14(20)18-6-8-19/h3-4,10H,1-2,5-9H2,(H,18,20). The monoisotopic (exact) mass is 312 g/mol. The summed E-state index contributed by atoms with van der Waals surface area (Å²) < 4.78 is 31.3. The Morgan fingerprint density at radius 1 is 1.32 bits per heavy atom. The van der Waals surface area contributed by atoms with E-state index in [4.69, 9.17) is 4.74 Å². The highest BCUT2D eigenvalue weighted by molar-refractivity contribution is 5.80. The van der Waals surface area contributed by atoms with E-state index < -0.39 is 11.6 Å². The van der Waals surface area contributed by atoms with Crippen molar-refractivity contribution in [3.05, 3.63) is 29.8 Å². The molecule has 1 aromatic carbocycles. The molecular weight excluding hydrogens is 294 g/mol. The summed E-state index contributed by atoms with van der Waals surface area (Å²) in [4.78, 5) is 24.8. The minimum atomic E-state index is -0.761. The predicted octanol–water partition coefficient (Wildman–Crippen LogP) is 1.47. The topological polar surface area (TPSA) is 58.6 Å². The summed E-state index contributed by atoms with van der Waals surface area (Å²) in [5, 5.41) is 2.70. The quantitative estimate of drug-likeness (QED) is 0.838. The minimum Gasteiger partial charge on any atom is -0.491 e. The summed E-state index contributed by atoms with van der Waals surface area (Å²) in [6.07, 6.45) is 0.994. The highest BCUT2D eigenvalue weighted by Crippen LogP contribution is 2.17. The lowest BCUT2D eigenvalue weighted by Crippen LogP contribution is -2.34. The van der Waals surface area contributed by atoms with Crippen LogP contribution < -0.4 is 10.1 Å². The molecule has 5 nitrogen and oxygen atoms in total. The Balaban J connectivity index is 1.71. The molecule has 1 aromatic rings. The minimum absolute atomic E-state index is 0.0292. The van der Waals surface area contributed by atoms with Crippen LogP contribution in [-0.2, 0) is 9.59 Å². The molecule has 0 aromatic heterocycles. The Morgan fingerprint density at radius 3 is 2.91 bits per heavy atom. The molecule has 0 radical (unpaired) electrons. The van der Waals surface area contributed by atoms with E-state index in [0.29, 0.717) is 32.5 Å². The number of ether oxygens (including phenoxy) is 1. The zero-order valence-corrected chi connectivity index (χ0v) is 12.1. The van der Waals surface area contributed by atoms with Crippen molar-refractivity contribution >= 4 is 11.8 Å². The fraction of sp³-hybridized carbons (Fsp3) is 0.467. The van der Waals surface area contributed by atoms with Gasteiger partial charge in [-0.05, 0) is 18.6 Å². The molecule has 1 heterocycles. The van der Waals surface area contributed by atoms with Gasteiger partial charge in [0.05, 0.1) is 6.61 Å². The van der Waals surface area contributed by atoms with Crippen molar-refractivity contribution in [2.75, 3.05) is 26.2 Å². The molecule has 0 spiro atoms. The number of nitrogens with one attached hydrogen (secondary N) is 1. The molecule has 1 saturated heterocycles. The Hall–Kier alpha value is -2.18. The van der Waals surface area contributed by atoms with Crippen LogP contribution in [0.1, 0.15) is 19.3 Å². The molecule has 0 bridgehead atoms. The van der Waals surface area contributed by atoms with Gasteiger partial charge in [-0.2, -0.15) is 0 Å². The number of nitrogens with zero attached hydrogens (tertiary/aromatic N) is 1. The number of benzene rings is 1. The molecule has 22 heavy (non-hydrogen) atoms. The van der Waals surface area contributed by atoms with Crippen LogP contribution >= 0.6 is 0 Å². The van der Waals surface area contributed by atoms with E-state index in [0.717, 1.165) is 12.1 Å². The van der Waals surface area contributed by atoms with E-state index in [1.165, 1.54) is 6.07 Å². The van der Waals surface area contributed by atoms with Crippen molar-refractivity contribution in [3.63, 3.8) is 0 Å². The smallest absolute Gasteiger partial charge is 0.222 e. The maximum absolute atomic E-state index is 13.3. The summed E-state index contributed by atoms with van der Waals surface area (Å²) in [6.45, 7) is 1.54. The van der Waals surface area contributed by atoms with E-state index in [1.54, 1.807) is 4.90 Å². The third kappa shape index (κ3) is 4.68. The van der Waals surface area contributed by atoms with Gasteiger partial charge in [0.15, 0.2) is 11.6 Å². The fourth-order valence-electron chi connectivity index (χ4n) is 2.17. The third-order valence-corrected chi connectivity index (χ3v) is 3.35. The number of rotatable bonds is 5. The van der Waals surface area contributed by atoms with Crippen LogP contribution in [0.25, 0.3) is 0 Å². The Labute approximate surface area is 127 Å². The number of hydrogen-bond donors (Lipinski definition) is 1. The summed E-state index contributed by atoms with van der Waals surface area (Å²) in [7, 11) is 0. The first-order valence-corrected chi connectivity index (χ1v) is 7.18. The lowest BCUT2D eigenvalue weighted by atomic mass is 10.2. The van der Waals surface area contributed by atoms with Crippen molar-refractivity contribution in [1.29, 1.82) is 0 Å². The van der Waals surface area contributed by atoms with E-state index in [2.05, 4.69) is 5.32 Å². The highest BCUT2D eigenvalue weighted by Gasteiger charge is 2.17. The van der Waals surface area contributed by atoms with Gasteiger partial charge >= 0.3 is 0 Å². The molecular formula is C15H18F2N2O3. The number of carbonyl (C=O) groups excluding carboxylic acids is 2. The maximum Gasteiger partial charge on any atom is 0.222 e. The molecule has 1 aliphatic rings. The maximum atomic E-state index is 13.3. The second-order valence-electron chi connectivity index (χ2n) is 5.01. The van der Waals surface area contributed by atoms with E-state index >= 15 is 0 Å². The molecule has 0 saturated carbocycles. The lowest BCUT2D eigenvalue weighted by molar-refractivity contribution is -0.131. The van der Waals surface area contributed by atoms with Gasteiger partial charge in [-0.25, -0.2) is 8.78 Å². The van der Waals surface area contributed by atoms with Gasteiger partial charge in [-0.15, -0.1) is 0 Å². The lowest BCUT2D eigenvalue weighted by Gasteiger charge is -2.19. The highest BCUT2D eigenvalue weighted by atomic mass is 19.1. The zero-order valence-electron chi connectivity index (χ0n) is 12.1. The van der Waals surface area contributed by atoms with Crippen molar-refractivity contribution in [2.24, 2.45) is 0 Å². The molecule has 1 fully saturated rings. The molecule has 120 valence electrons. The first-order chi connectivity index (χ1) is 10.6. The second kappa shape index (κ2) is 7.72. The second-order valence-corrected chi connectivity index (χ2v) is 5.01. The Kier molecular flexibility index (Phi) is 5.68. The van der Waals surface area contributed by atoms with Gasteiger partial charge in [0, 0.05) is 38.5 Å². The molecule has 0 atom stereocenters. The first-order valence-electron chi connectivity index (χ1n) is 7.18. The average molecular weight is 312 g/mol. The summed E-state index contributed by atoms with van der Waals surface area (Å²) in [6, 6.07) is 3.09. The molecule has 1 aliphatic heterocycles. The van der Waals surface area contributed by atoms with Gasteiger partial charge in [0.2, 0.25) is 11.8 Å². The SMILES string of the molecule is O=C1CCN(C(=O)CCCOc2ccc(F)cc2F)CCN1. The van der Waals surface area contributed by atoms with Crippen molar-refractivity contribution < 1.29 is 23.1 Å². The largest absolute Gasteiger partial charge is 0.491 e. The van der Waals surface area contributed by atoms with Gasteiger partial charge in [-0.3, -0.25) is 9.59 Å². The van der Waals surface area contributed by atoms with Crippen LogP contribution in [0.3, 0.4) is 0 Å². The number of carbonyl (C=O) groups is 2. The summed E-state index contributed by atoms with van der Waals surface area (Å²) >= 11 is 0. The molecule has 0 aliphatic carbocycles. The van der Waals surface area contributed by atoms with Gasteiger partial charge < -0.3 is 15.0 Å². The van der Waals surface area contributed by atoms with Crippen LogP contribution in [0.4, 0.5) is 8.78 Å². The fourth-order valence-corrected chi connectivity index (χ4v) is 2.17. The van der Waals surface area contributed by atoms with Crippen molar-refractivity contribution in [2.45, 2.75) is 19.3 Å². The van der Waals surface area contributed by atoms with Crippen molar-refractivity contribution in [3.8, 4) is 5.75 Å².